The topological polar surface area (TPSA) is 182 Å². The number of fused-ring (bicyclic) bond motifs is 1. The Morgan fingerprint density at radius 1 is 1.07 bits per heavy atom. The van der Waals surface area contributed by atoms with E-state index < -0.39 is 32.2 Å². The zero-order chi connectivity index (χ0) is 29.2. The second-order valence-electron chi connectivity index (χ2n) is 9.81. The number of nitrogens with zero attached hydrogens (tertiary/aromatic N) is 7. The molecule has 0 spiro atoms. The fourth-order valence-corrected chi connectivity index (χ4v) is 6.67. The fourth-order valence-electron chi connectivity index (χ4n) is 4.72. The third-order valence-corrected chi connectivity index (χ3v) is 9.75. The van der Waals surface area contributed by atoms with E-state index in [1.165, 1.54) is 27.4 Å². The van der Waals surface area contributed by atoms with E-state index in [2.05, 4.69) is 25.4 Å². The van der Waals surface area contributed by atoms with Crippen molar-refractivity contribution in [2.75, 3.05) is 30.4 Å². The monoisotopic (exact) mass is 602 g/mol. The lowest BCUT2D eigenvalue weighted by molar-refractivity contribution is 0.279. The van der Waals surface area contributed by atoms with Crippen LogP contribution in [0.5, 0.6) is 0 Å². The van der Waals surface area contributed by atoms with Crippen LogP contribution in [-0.2, 0) is 33.2 Å². The molecule has 1 aliphatic rings. The Bertz CT molecular complexity index is 1820. The fraction of sp³-hybridized carbons (Fsp3) is 0.400. The summed E-state index contributed by atoms with van der Waals surface area (Å²) in [6.07, 6.45) is 5.07. The van der Waals surface area contributed by atoms with E-state index in [0.717, 1.165) is 10.4 Å². The summed E-state index contributed by atoms with van der Waals surface area (Å²) in [6.45, 7) is 0.280. The van der Waals surface area contributed by atoms with Crippen LogP contribution in [-0.4, -0.2) is 86.1 Å². The zero-order valence-corrected chi connectivity index (χ0v) is 23.9. The maximum Gasteiger partial charge on any atom is 0.257 e. The van der Waals surface area contributed by atoms with E-state index in [1.807, 2.05) is 6.07 Å². The summed E-state index contributed by atoms with van der Waals surface area (Å²) < 4.78 is 53.1. The number of aryl methyl sites for hydroxylation is 1. The summed E-state index contributed by atoms with van der Waals surface area (Å²) in [5.74, 6) is 0.242. The largest absolute Gasteiger partial charge is 0.391 e. The molecule has 2 N–H and O–H groups in total. The molecule has 1 aliphatic heterocycles. The molecule has 218 valence electrons. The molecule has 0 saturated carbocycles. The first-order valence-electron chi connectivity index (χ1n) is 13.0. The Morgan fingerprint density at radius 3 is 2.49 bits per heavy atom. The van der Waals surface area contributed by atoms with Gasteiger partial charge in [-0.1, -0.05) is 30.3 Å². The lowest BCUT2D eigenvalue weighted by Crippen LogP contribution is -2.42. The predicted molar refractivity (Wildman–Crippen MR) is 152 cm³/mol. The molecule has 3 aromatic heterocycles. The highest BCUT2D eigenvalue weighted by atomic mass is 32.2. The summed E-state index contributed by atoms with van der Waals surface area (Å²) in [7, 11) is -7.11. The number of benzene rings is 1. The van der Waals surface area contributed by atoms with Crippen molar-refractivity contribution in [1.29, 1.82) is 0 Å². The number of nitrogens with one attached hydrogen (secondary N) is 1. The van der Waals surface area contributed by atoms with Gasteiger partial charge in [-0.05, 0) is 25.3 Å². The molecular weight excluding hydrogens is 572 g/mol. The molecule has 14 nitrogen and oxygen atoms in total. The molecule has 0 aliphatic carbocycles. The molecule has 0 bridgehead atoms. The van der Waals surface area contributed by atoms with E-state index in [-0.39, 0.29) is 42.1 Å². The second-order valence-corrected chi connectivity index (χ2v) is 13.7. The molecule has 1 aromatic carbocycles. The van der Waals surface area contributed by atoms with Gasteiger partial charge in [-0.25, -0.2) is 31.1 Å². The summed E-state index contributed by atoms with van der Waals surface area (Å²) in [5, 5.41) is 17.6. The quantitative estimate of drug-likeness (QED) is 0.260. The van der Waals surface area contributed by atoms with Gasteiger partial charge < -0.3 is 10.4 Å². The van der Waals surface area contributed by atoms with Gasteiger partial charge in [0, 0.05) is 48.4 Å². The standard InChI is InChI=1S/C25H30N8O6S2/c1-40(36,37)31-11-8-21(9-12-31)28-25-26-15-19-14-20(16-34)24(35)32(23(19)29-25)10-5-13-41(38,39)33-17-27-22(30-33)18-6-3-2-4-7-18/h2-4,6-7,14-15,17,21,34H,5,8-13,16H2,1H3,(H,26,28,29). The maximum atomic E-state index is 13.1. The van der Waals surface area contributed by atoms with Crippen LogP contribution in [0, 0.1) is 0 Å². The van der Waals surface area contributed by atoms with Gasteiger partial charge in [0.05, 0.1) is 18.6 Å². The average Bonchev–Trinajstić information content (AvgIpc) is 3.46. The minimum atomic E-state index is -3.86. The van der Waals surface area contributed by atoms with E-state index in [0.29, 0.717) is 42.5 Å². The zero-order valence-electron chi connectivity index (χ0n) is 22.3. The van der Waals surface area contributed by atoms with Crippen molar-refractivity contribution in [2.24, 2.45) is 0 Å². The Kier molecular flexibility index (Phi) is 8.17. The minimum absolute atomic E-state index is 0.0197. The van der Waals surface area contributed by atoms with Gasteiger partial charge in [0.1, 0.15) is 12.0 Å². The van der Waals surface area contributed by atoms with Gasteiger partial charge in [0.2, 0.25) is 16.0 Å². The Balaban J connectivity index is 1.33. The molecule has 4 heterocycles. The third-order valence-electron chi connectivity index (χ3n) is 6.90. The Morgan fingerprint density at radius 2 is 1.80 bits per heavy atom. The molecule has 1 saturated heterocycles. The van der Waals surface area contributed by atoms with Crippen molar-refractivity contribution in [3.63, 3.8) is 0 Å². The van der Waals surface area contributed by atoms with Crippen LogP contribution in [0.3, 0.4) is 0 Å². The molecule has 4 aromatic rings. The number of piperidine rings is 1. The van der Waals surface area contributed by atoms with E-state index >= 15 is 0 Å². The molecule has 0 amide bonds. The molecule has 0 radical (unpaired) electrons. The summed E-state index contributed by atoms with van der Waals surface area (Å²) >= 11 is 0. The van der Waals surface area contributed by atoms with Crippen LogP contribution in [0.1, 0.15) is 24.8 Å². The van der Waals surface area contributed by atoms with Crippen LogP contribution >= 0.6 is 0 Å². The first-order valence-corrected chi connectivity index (χ1v) is 16.4. The lowest BCUT2D eigenvalue weighted by Gasteiger charge is -2.30. The molecule has 41 heavy (non-hydrogen) atoms. The lowest BCUT2D eigenvalue weighted by atomic mass is 10.1. The average molecular weight is 603 g/mol. The summed E-state index contributed by atoms with van der Waals surface area (Å²) in [6, 6.07) is 10.5. The third kappa shape index (κ3) is 6.45. The SMILES string of the molecule is CS(=O)(=O)N1CCC(Nc2ncc3cc(CO)c(=O)n(CCCS(=O)(=O)n4cnc(-c5ccccc5)n4)c3n2)CC1. The molecule has 16 heteroatoms. The second kappa shape index (κ2) is 11.6. The van der Waals surface area contributed by atoms with Crippen LogP contribution in [0.4, 0.5) is 5.95 Å². The van der Waals surface area contributed by atoms with Crippen LogP contribution in [0.25, 0.3) is 22.4 Å². The smallest absolute Gasteiger partial charge is 0.257 e. The first-order chi connectivity index (χ1) is 19.5. The van der Waals surface area contributed by atoms with Crippen LogP contribution in [0.2, 0.25) is 0 Å². The van der Waals surface area contributed by atoms with Crippen molar-refractivity contribution in [3.8, 4) is 11.4 Å². The predicted octanol–water partition coefficient (Wildman–Crippen LogP) is 0.646. The van der Waals surface area contributed by atoms with Crippen LogP contribution in [0.15, 0.2) is 53.7 Å². The normalized spacial score (nSPS) is 15.4. The molecule has 5 rings (SSSR count). The molecule has 0 atom stereocenters. The molecule has 0 unspecified atom stereocenters. The van der Waals surface area contributed by atoms with Gasteiger partial charge in [0.25, 0.3) is 15.6 Å². The number of anilines is 1. The highest BCUT2D eigenvalue weighted by Crippen LogP contribution is 2.19. The van der Waals surface area contributed by atoms with Gasteiger partial charge in [-0.15, -0.1) is 9.19 Å². The molecular formula is C25H30N8O6S2. The van der Waals surface area contributed by atoms with Crippen molar-refractivity contribution in [3.05, 3.63) is 64.8 Å². The maximum absolute atomic E-state index is 13.1. The Hall–Kier alpha value is -3.73. The van der Waals surface area contributed by atoms with Gasteiger partial charge >= 0.3 is 0 Å². The highest BCUT2D eigenvalue weighted by Gasteiger charge is 2.25. The van der Waals surface area contributed by atoms with Gasteiger partial charge in [-0.2, -0.15) is 4.98 Å². The number of pyridine rings is 1. The number of aliphatic hydroxyl groups is 1. The first kappa shape index (κ1) is 28.8. The number of hydrogen-bond acceptors (Lipinski definition) is 11. The van der Waals surface area contributed by atoms with E-state index in [9.17, 15) is 26.7 Å². The highest BCUT2D eigenvalue weighted by molar-refractivity contribution is 7.89. The van der Waals surface area contributed by atoms with Gasteiger partial charge in [0.15, 0.2) is 5.82 Å². The number of hydrogen-bond donors (Lipinski definition) is 2. The van der Waals surface area contributed by atoms with Crippen molar-refractivity contribution in [2.45, 2.75) is 38.5 Å². The number of sulfonamides is 1. The van der Waals surface area contributed by atoms with Crippen molar-refractivity contribution < 1.29 is 21.9 Å². The van der Waals surface area contributed by atoms with Crippen LogP contribution < -0.4 is 10.9 Å². The Labute approximate surface area is 236 Å². The van der Waals surface area contributed by atoms with E-state index in [1.54, 1.807) is 24.3 Å². The number of rotatable bonds is 10. The minimum Gasteiger partial charge on any atom is -0.391 e. The summed E-state index contributed by atoms with van der Waals surface area (Å²) in [5.41, 5.74) is 0.644. The number of aliphatic hydroxyl groups excluding tert-OH is 1. The van der Waals surface area contributed by atoms with Gasteiger partial charge in [-0.3, -0.25) is 9.36 Å². The van der Waals surface area contributed by atoms with E-state index in [4.69, 9.17) is 0 Å². The van der Waals surface area contributed by atoms with Crippen molar-refractivity contribution in [1.82, 2.24) is 33.0 Å². The number of aromatic nitrogens is 6. The van der Waals surface area contributed by atoms with Crippen molar-refractivity contribution >= 4 is 37.0 Å². The summed E-state index contributed by atoms with van der Waals surface area (Å²) in [4.78, 5) is 26.1. The molecule has 1 fully saturated rings.